The number of fused-ring (bicyclic) bond motifs is 1. The van der Waals surface area contributed by atoms with Gasteiger partial charge < -0.3 is 20.1 Å². The Morgan fingerprint density at radius 1 is 1.26 bits per heavy atom. The Morgan fingerprint density at radius 3 is 2.74 bits per heavy atom. The number of aromatic nitrogens is 2. The van der Waals surface area contributed by atoms with E-state index in [1.54, 1.807) is 24.3 Å². The zero-order chi connectivity index (χ0) is 24.8. The van der Waals surface area contributed by atoms with E-state index < -0.39 is 29.7 Å². The van der Waals surface area contributed by atoms with Crippen molar-refractivity contribution in [2.75, 3.05) is 30.4 Å². The fraction of sp³-hybridized carbons (Fsp3) is 0.391. The second-order valence-electron chi connectivity index (χ2n) is 7.76. The van der Waals surface area contributed by atoms with Gasteiger partial charge in [0.25, 0.3) is 11.5 Å². The number of hydrogen-bond donors (Lipinski definition) is 2. The zero-order valence-electron chi connectivity index (χ0n) is 19.1. The summed E-state index contributed by atoms with van der Waals surface area (Å²) >= 11 is 6.00. The van der Waals surface area contributed by atoms with E-state index in [4.69, 9.17) is 26.8 Å². The lowest BCUT2D eigenvalue weighted by Crippen LogP contribution is -2.43. The Kier molecular flexibility index (Phi) is 8.17. The number of benzene rings is 1. The molecular formula is C23H27ClN4O6. The van der Waals surface area contributed by atoms with Gasteiger partial charge in [-0.15, -0.1) is 0 Å². The van der Waals surface area contributed by atoms with Crippen LogP contribution in [0.15, 0.2) is 33.4 Å². The molecule has 3 rings (SSSR count). The van der Waals surface area contributed by atoms with Gasteiger partial charge >= 0.3 is 11.7 Å². The molecule has 0 radical (unpaired) electrons. The first-order valence-corrected chi connectivity index (χ1v) is 11.4. The summed E-state index contributed by atoms with van der Waals surface area (Å²) < 4.78 is 12.0. The molecule has 2 heterocycles. The number of nitrogen functional groups attached to an aromatic ring is 1. The number of nitrogens with two attached hydrogens (primary N) is 1. The summed E-state index contributed by atoms with van der Waals surface area (Å²) in [5, 5.41) is 0.488. The smallest absolute Gasteiger partial charge is 0.338 e. The number of amides is 1. The summed E-state index contributed by atoms with van der Waals surface area (Å²) in [6.07, 6.45) is 3.50. The molecule has 1 aliphatic heterocycles. The average molecular weight is 491 g/mol. The van der Waals surface area contributed by atoms with E-state index in [0.29, 0.717) is 29.2 Å². The minimum Gasteiger partial charge on any atom is -0.488 e. The summed E-state index contributed by atoms with van der Waals surface area (Å²) in [7, 11) is 0. The molecule has 0 fully saturated rings. The Labute approximate surface area is 200 Å². The van der Waals surface area contributed by atoms with Crippen LogP contribution in [0.5, 0.6) is 5.75 Å². The third-order valence-electron chi connectivity index (χ3n) is 5.24. The van der Waals surface area contributed by atoms with Crippen LogP contribution in [0.4, 0.5) is 11.5 Å². The van der Waals surface area contributed by atoms with Crippen molar-refractivity contribution in [1.29, 1.82) is 0 Å². The topological polar surface area (TPSA) is 137 Å². The molecule has 0 bridgehead atoms. The van der Waals surface area contributed by atoms with Gasteiger partial charge in [-0.1, -0.05) is 31.9 Å². The van der Waals surface area contributed by atoms with Gasteiger partial charge in [-0.05, 0) is 37.1 Å². The number of rotatable bonds is 9. The lowest BCUT2D eigenvalue weighted by molar-refractivity contribution is -0.144. The first-order valence-electron chi connectivity index (χ1n) is 11.0. The number of hydrogen-bond acceptors (Lipinski definition) is 7. The molecule has 0 spiro atoms. The molecule has 1 aliphatic rings. The molecule has 0 saturated carbocycles. The largest absolute Gasteiger partial charge is 0.488 e. The van der Waals surface area contributed by atoms with Crippen LogP contribution in [0, 0.1) is 0 Å². The van der Waals surface area contributed by atoms with Crippen LogP contribution >= 0.6 is 11.6 Å². The molecular weight excluding hydrogens is 464 g/mol. The number of ether oxygens (including phenoxy) is 2. The SMILES string of the molecule is CCCCN(C(=O)COC(=O)C1=Cc2cc(Cl)ccc2OC1)c1c(N)n(CCC)c(=O)[nH]c1=O. The minimum absolute atomic E-state index is 0.0181. The maximum absolute atomic E-state index is 13.0. The van der Waals surface area contributed by atoms with Crippen molar-refractivity contribution in [3.05, 3.63) is 55.2 Å². The van der Waals surface area contributed by atoms with Crippen molar-refractivity contribution in [3.63, 3.8) is 0 Å². The highest BCUT2D eigenvalue weighted by Crippen LogP contribution is 2.29. The van der Waals surface area contributed by atoms with Gasteiger partial charge in [0.1, 0.15) is 18.2 Å². The maximum atomic E-state index is 13.0. The van der Waals surface area contributed by atoms with Crippen molar-refractivity contribution >= 4 is 41.1 Å². The predicted molar refractivity (Wildman–Crippen MR) is 129 cm³/mol. The standard InChI is InChI=1S/C23H27ClN4O6/c1-3-5-9-27(19-20(25)28(8-4-2)23(32)26-21(19)30)18(29)13-34-22(31)15-10-14-11-16(24)6-7-17(14)33-12-15/h6-7,10-11H,3-5,8-9,12-13,25H2,1-2H3,(H,26,30,32). The van der Waals surface area contributed by atoms with Crippen LogP contribution in [0.3, 0.4) is 0 Å². The van der Waals surface area contributed by atoms with Gasteiger partial charge in [0, 0.05) is 23.7 Å². The van der Waals surface area contributed by atoms with E-state index in [1.807, 2.05) is 13.8 Å². The molecule has 0 unspecified atom stereocenters. The molecule has 0 atom stereocenters. The van der Waals surface area contributed by atoms with Gasteiger partial charge in [0.2, 0.25) is 0 Å². The molecule has 182 valence electrons. The highest BCUT2D eigenvalue weighted by atomic mass is 35.5. The molecule has 0 saturated heterocycles. The van der Waals surface area contributed by atoms with E-state index in [-0.39, 0.29) is 36.8 Å². The molecule has 11 heteroatoms. The van der Waals surface area contributed by atoms with Crippen molar-refractivity contribution in [3.8, 4) is 5.75 Å². The van der Waals surface area contributed by atoms with Crippen molar-refractivity contribution in [2.24, 2.45) is 0 Å². The van der Waals surface area contributed by atoms with E-state index in [2.05, 4.69) is 4.98 Å². The molecule has 1 amide bonds. The molecule has 3 N–H and O–H groups in total. The van der Waals surface area contributed by atoms with Crippen molar-refractivity contribution in [1.82, 2.24) is 9.55 Å². The number of nitrogens with one attached hydrogen (secondary N) is 1. The Hall–Kier alpha value is -3.53. The van der Waals surface area contributed by atoms with Crippen LogP contribution in [0.1, 0.15) is 38.7 Å². The number of H-pyrrole nitrogens is 1. The summed E-state index contributed by atoms with van der Waals surface area (Å²) in [5.74, 6) is -0.892. The predicted octanol–water partition coefficient (Wildman–Crippen LogP) is 2.33. The Morgan fingerprint density at radius 2 is 2.03 bits per heavy atom. The molecule has 0 aliphatic carbocycles. The van der Waals surface area contributed by atoms with Crippen molar-refractivity contribution < 1.29 is 19.1 Å². The molecule has 10 nitrogen and oxygen atoms in total. The third-order valence-corrected chi connectivity index (χ3v) is 5.48. The van der Waals surface area contributed by atoms with Gasteiger partial charge in [0.15, 0.2) is 12.3 Å². The fourth-order valence-electron chi connectivity index (χ4n) is 3.53. The number of nitrogens with zero attached hydrogens (tertiary/aromatic N) is 2. The number of halogens is 1. The second kappa shape index (κ2) is 11.1. The summed E-state index contributed by atoms with van der Waals surface area (Å²) in [5.41, 5.74) is 5.41. The average Bonchev–Trinajstić information content (AvgIpc) is 2.81. The number of carbonyl (C=O) groups excluding carboxylic acids is 2. The van der Waals surface area contributed by atoms with Crippen molar-refractivity contribution in [2.45, 2.75) is 39.7 Å². The molecule has 1 aromatic heterocycles. The van der Waals surface area contributed by atoms with Crippen LogP contribution in [0.25, 0.3) is 6.08 Å². The van der Waals surface area contributed by atoms with Gasteiger partial charge in [-0.3, -0.25) is 19.1 Å². The second-order valence-corrected chi connectivity index (χ2v) is 8.20. The summed E-state index contributed by atoms with van der Waals surface area (Å²) in [6, 6.07) is 5.03. The number of aromatic amines is 1. The highest BCUT2D eigenvalue weighted by Gasteiger charge is 2.26. The number of unbranched alkanes of at least 4 members (excludes halogenated alkanes) is 1. The van der Waals surface area contributed by atoms with E-state index in [1.165, 1.54) is 4.57 Å². The van der Waals surface area contributed by atoms with Crippen LogP contribution in [0.2, 0.25) is 5.02 Å². The zero-order valence-corrected chi connectivity index (χ0v) is 19.8. The highest BCUT2D eigenvalue weighted by molar-refractivity contribution is 6.30. The number of anilines is 2. The Balaban J connectivity index is 1.81. The minimum atomic E-state index is -0.775. The first-order chi connectivity index (χ1) is 16.3. The summed E-state index contributed by atoms with van der Waals surface area (Å²) in [4.78, 5) is 53.7. The molecule has 1 aromatic carbocycles. The van der Waals surface area contributed by atoms with Gasteiger partial charge in [0.05, 0.1) is 5.57 Å². The van der Waals surface area contributed by atoms with Crippen LogP contribution in [-0.2, 0) is 20.9 Å². The molecule has 34 heavy (non-hydrogen) atoms. The van der Waals surface area contributed by atoms with Crippen LogP contribution < -0.4 is 26.6 Å². The molecule has 2 aromatic rings. The van der Waals surface area contributed by atoms with E-state index in [0.717, 1.165) is 11.3 Å². The van der Waals surface area contributed by atoms with Gasteiger partial charge in [-0.2, -0.15) is 0 Å². The number of esters is 1. The number of carbonyl (C=O) groups is 2. The van der Waals surface area contributed by atoms with E-state index >= 15 is 0 Å². The monoisotopic (exact) mass is 490 g/mol. The lowest BCUT2D eigenvalue weighted by Gasteiger charge is -2.24. The van der Waals surface area contributed by atoms with Crippen LogP contribution in [-0.4, -0.2) is 41.2 Å². The van der Waals surface area contributed by atoms with Gasteiger partial charge in [-0.25, -0.2) is 9.59 Å². The Bertz CT molecular complexity index is 1230. The van der Waals surface area contributed by atoms with E-state index in [9.17, 15) is 19.2 Å². The first kappa shape index (κ1) is 25.1. The normalized spacial score (nSPS) is 12.4. The maximum Gasteiger partial charge on any atom is 0.338 e. The summed E-state index contributed by atoms with van der Waals surface area (Å²) in [6.45, 7) is 3.59. The third kappa shape index (κ3) is 5.51. The fourth-order valence-corrected chi connectivity index (χ4v) is 3.71. The lowest BCUT2D eigenvalue weighted by atomic mass is 10.1. The quantitative estimate of drug-likeness (QED) is 0.514.